The molecule has 156 valence electrons. The van der Waals surface area contributed by atoms with Gasteiger partial charge in [-0.1, -0.05) is 38.1 Å². The molecule has 5 nitrogen and oxygen atoms in total. The zero-order chi connectivity index (χ0) is 21.2. The lowest BCUT2D eigenvalue weighted by Gasteiger charge is -2.31. The molecule has 0 saturated carbocycles. The largest absolute Gasteiger partial charge is 0.497 e. The van der Waals surface area contributed by atoms with E-state index in [-0.39, 0.29) is 24.1 Å². The average Bonchev–Trinajstić information content (AvgIpc) is 2.74. The van der Waals surface area contributed by atoms with E-state index < -0.39 is 6.04 Å². The molecule has 0 aliphatic carbocycles. The monoisotopic (exact) mass is 400 g/mol. The third kappa shape index (κ3) is 6.59. The number of nitrogens with one attached hydrogen (secondary N) is 1. The van der Waals surface area contributed by atoms with Crippen LogP contribution >= 0.6 is 0 Å². The van der Waals surface area contributed by atoms with E-state index in [1.807, 2.05) is 38.1 Å². The van der Waals surface area contributed by atoms with Crippen molar-refractivity contribution in [2.75, 3.05) is 13.7 Å². The predicted molar refractivity (Wildman–Crippen MR) is 111 cm³/mol. The molecule has 0 fully saturated rings. The van der Waals surface area contributed by atoms with E-state index in [9.17, 15) is 14.0 Å². The molecule has 6 heteroatoms. The standard InChI is InChI=1S/C23H29FN2O3/c1-4-14-25-23(28)21(5-2)26(16-18-8-12-20(29-3)13-9-18)22(27)15-17-6-10-19(24)11-7-17/h6-13,21H,4-5,14-16H2,1-3H3,(H,25,28)/t21-/m1/s1. The molecule has 2 aromatic carbocycles. The number of nitrogens with zero attached hydrogens (tertiary/aromatic N) is 1. The summed E-state index contributed by atoms with van der Waals surface area (Å²) in [5.41, 5.74) is 1.61. The molecule has 0 radical (unpaired) electrons. The van der Waals surface area contributed by atoms with Crippen molar-refractivity contribution in [2.24, 2.45) is 0 Å². The van der Waals surface area contributed by atoms with Crippen LogP contribution in [0.1, 0.15) is 37.8 Å². The Labute approximate surface area is 171 Å². The van der Waals surface area contributed by atoms with Crippen LogP contribution in [0.15, 0.2) is 48.5 Å². The zero-order valence-electron chi connectivity index (χ0n) is 17.3. The van der Waals surface area contributed by atoms with Crippen LogP contribution < -0.4 is 10.1 Å². The Morgan fingerprint density at radius 1 is 1.03 bits per heavy atom. The normalized spacial score (nSPS) is 11.6. The summed E-state index contributed by atoms with van der Waals surface area (Å²) < 4.78 is 18.4. The summed E-state index contributed by atoms with van der Waals surface area (Å²) in [5, 5.41) is 2.89. The number of benzene rings is 2. The summed E-state index contributed by atoms with van der Waals surface area (Å²) in [6.45, 7) is 4.75. The quantitative estimate of drug-likeness (QED) is 0.661. The third-order valence-corrected chi connectivity index (χ3v) is 4.72. The Hall–Kier alpha value is -2.89. The van der Waals surface area contributed by atoms with Gasteiger partial charge in [0.25, 0.3) is 0 Å². The lowest BCUT2D eigenvalue weighted by atomic mass is 10.1. The van der Waals surface area contributed by atoms with Gasteiger partial charge < -0.3 is 15.0 Å². The maximum Gasteiger partial charge on any atom is 0.242 e. The molecular weight excluding hydrogens is 371 g/mol. The number of hydrogen-bond acceptors (Lipinski definition) is 3. The summed E-state index contributed by atoms with van der Waals surface area (Å²) in [6, 6.07) is 12.7. The van der Waals surface area contributed by atoms with Gasteiger partial charge in [0, 0.05) is 13.1 Å². The minimum Gasteiger partial charge on any atom is -0.497 e. The van der Waals surface area contributed by atoms with Crippen LogP contribution in [0.5, 0.6) is 5.75 Å². The number of carbonyl (C=O) groups excluding carboxylic acids is 2. The molecule has 2 rings (SSSR count). The number of methoxy groups -OCH3 is 1. The van der Waals surface area contributed by atoms with E-state index in [1.54, 1.807) is 24.1 Å². The average molecular weight is 400 g/mol. The Balaban J connectivity index is 2.24. The van der Waals surface area contributed by atoms with Crippen LogP contribution in [0.2, 0.25) is 0 Å². The van der Waals surface area contributed by atoms with Gasteiger partial charge in [0.15, 0.2) is 0 Å². The van der Waals surface area contributed by atoms with E-state index in [1.165, 1.54) is 12.1 Å². The van der Waals surface area contributed by atoms with Crippen LogP contribution in [0.4, 0.5) is 4.39 Å². The van der Waals surface area contributed by atoms with Crippen LogP contribution in [0.25, 0.3) is 0 Å². The van der Waals surface area contributed by atoms with Crippen molar-refractivity contribution in [2.45, 2.75) is 45.7 Å². The minimum absolute atomic E-state index is 0.105. The second-order valence-electron chi connectivity index (χ2n) is 6.89. The Kier molecular flexibility index (Phi) is 8.65. The van der Waals surface area contributed by atoms with Crippen molar-refractivity contribution < 1.29 is 18.7 Å². The summed E-state index contributed by atoms with van der Waals surface area (Å²) in [7, 11) is 1.60. The molecule has 0 unspecified atom stereocenters. The highest BCUT2D eigenvalue weighted by Crippen LogP contribution is 2.17. The topological polar surface area (TPSA) is 58.6 Å². The molecule has 0 saturated heterocycles. The number of ether oxygens (including phenoxy) is 1. The molecule has 0 spiro atoms. The maximum absolute atomic E-state index is 13.2. The van der Waals surface area contributed by atoms with E-state index in [0.717, 1.165) is 17.7 Å². The fraction of sp³-hybridized carbons (Fsp3) is 0.391. The molecular formula is C23H29FN2O3. The number of amides is 2. The van der Waals surface area contributed by atoms with Crippen LogP contribution in [0.3, 0.4) is 0 Å². The molecule has 2 aromatic rings. The van der Waals surface area contributed by atoms with Gasteiger partial charge in [-0.3, -0.25) is 9.59 Å². The fourth-order valence-corrected chi connectivity index (χ4v) is 3.09. The maximum atomic E-state index is 13.2. The first-order chi connectivity index (χ1) is 14.0. The molecule has 0 aromatic heterocycles. The number of halogens is 1. The van der Waals surface area contributed by atoms with Gasteiger partial charge in [0.1, 0.15) is 17.6 Å². The molecule has 0 heterocycles. The van der Waals surface area contributed by atoms with Crippen molar-refractivity contribution >= 4 is 11.8 Å². The van der Waals surface area contributed by atoms with Crippen molar-refractivity contribution in [3.05, 3.63) is 65.5 Å². The third-order valence-electron chi connectivity index (χ3n) is 4.72. The molecule has 2 amide bonds. The Morgan fingerprint density at radius 3 is 2.21 bits per heavy atom. The molecule has 0 aliphatic rings. The highest BCUT2D eigenvalue weighted by atomic mass is 19.1. The summed E-state index contributed by atoms with van der Waals surface area (Å²) >= 11 is 0. The first-order valence-corrected chi connectivity index (χ1v) is 9.93. The molecule has 0 bridgehead atoms. The van der Waals surface area contributed by atoms with Crippen molar-refractivity contribution in [1.29, 1.82) is 0 Å². The lowest BCUT2D eigenvalue weighted by molar-refractivity contribution is -0.140. The molecule has 29 heavy (non-hydrogen) atoms. The SMILES string of the molecule is CCCNC(=O)[C@@H](CC)N(Cc1ccc(OC)cc1)C(=O)Cc1ccc(F)cc1. The van der Waals surface area contributed by atoms with Crippen molar-refractivity contribution in [1.82, 2.24) is 10.2 Å². The van der Waals surface area contributed by atoms with Gasteiger partial charge in [-0.2, -0.15) is 0 Å². The van der Waals surface area contributed by atoms with Crippen molar-refractivity contribution in [3.63, 3.8) is 0 Å². The zero-order valence-corrected chi connectivity index (χ0v) is 17.3. The number of hydrogen-bond donors (Lipinski definition) is 1. The molecule has 0 aliphatic heterocycles. The predicted octanol–water partition coefficient (Wildman–Crippen LogP) is 3.71. The van der Waals surface area contributed by atoms with E-state index in [4.69, 9.17) is 4.74 Å². The minimum atomic E-state index is -0.573. The molecule has 1 N–H and O–H groups in total. The fourth-order valence-electron chi connectivity index (χ4n) is 3.09. The van der Waals surface area contributed by atoms with E-state index in [0.29, 0.717) is 25.1 Å². The van der Waals surface area contributed by atoms with Crippen molar-refractivity contribution in [3.8, 4) is 5.75 Å². The van der Waals surface area contributed by atoms with Crippen LogP contribution in [0, 0.1) is 5.82 Å². The van der Waals surface area contributed by atoms with Gasteiger partial charge in [-0.25, -0.2) is 4.39 Å². The highest BCUT2D eigenvalue weighted by Gasteiger charge is 2.28. The Bertz CT molecular complexity index is 791. The van der Waals surface area contributed by atoms with Crippen LogP contribution in [-0.4, -0.2) is 36.4 Å². The van der Waals surface area contributed by atoms with Gasteiger partial charge in [0.2, 0.25) is 11.8 Å². The van der Waals surface area contributed by atoms with Crippen LogP contribution in [-0.2, 0) is 22.6 Å². The second kappa shape index (κ2) is 11.2. The van der Waals surface area contributed by atoms with Gasteiger partial charge in [-0.15, -0.1) is 0 Å². The molecule has 1 atom stereocenters. The van der Waals surface area contributed by atoms with Gasteiger partial charge in [0.05, 0.1) is 13.5 Å². The second-order valence-corrected chi connectivity index (χ2v) is 6.89. The number of rotatable bonds is 10. The summed E-state index contributed by atoms with van der Waals surface area (Å²) in [5.74, 6) is 0.0496. The highest BCUT2D eigenvalue weighted by molar-refractivity contribution is 5.88. The van der Waals surface area contributed by atoms with E-state index >= 15 is 0 Å². The van der Waals surface area contributed by atoms with Gasteiger partial charge >= 0.3 is 0 Å². The lowest BCUT2D eigenvalue weighted by Crippen LogP contribution is -2.49. The first-order valence-electron chi connectivity index (χ1n) is 9.93. The van der Waals surface area contributed by atoms with Gasteiger partial charge in [-0.05, 0) is 48.2 Å². The number of carbonyl (C=O) groups is 2. The summed E-state index contributed by atoms with van der Waals surface area (Å²) in [6.07, 6.45) is 1.43. The smallest absolute Gasteiger partial charge is 0.242 e. The van der Waals surface area contributed by atoms with E-state index in [2.05, 4.69) is 5.32 Å². The first kappa shape index (κ1) is 22.4. The Morgan fingerprint density at radius 2 is 1.66 bits per heavy atom. The summed E-state index contributed by atoms with van der Waals surface area (Å²) in [4.78, 5) is 27.4.